The molecule has 1 heterocycles. The van der Waals surface area contributed by atoms with Crippen molar-refractivity contribution < 1.29 is 13.5 Å². The minimum absolute atomic E-state index is 0.0217. The molecular weight excluding hydrogens is 226 g/mol. The number of nitrogens with zero attached hydrogens (tertiary/aromatic N) is 1. The van der Waals surface area contributed by atoms with Crippen molar-refractivity contribution >= 4 is 21.6 Å². The van der Waals surface area contributed by atoms with Gasteiger partial charge in [-0.3, -0.25) is 0 Å². The van der Waals surface area contributed by atoms with Gasteiger partial charge in [0.1, 0.15) is 0 Å². The van der Waals surface area contributed by atoms with E-state index in [2.05, 4.69) is 0 Å². The summed E-state index contributed by atoms with van der Waals surface area (Å²) in [5.74, 6) is 0.0489. The highest BCUT2D eigenvalue weighted by atomic mass is 35.5. The van der Waals surface area contributed by atoms with Gasteiger partial charge in [-0.05, 0) is 19.8 Å². The van der Waals surface area contributed by atoms with Crippen molar-refractivity contribution in [3.63, 3.8) is 0 Å². The van der Waals surface area contributed by atoms with Crippen molar-refractivity contribution in [1.29, 1.82) is 0 Å². The number of halogens is 1. The van der Waals surface area contributed by atoms with Gasteiger partial charge < -0.3 is 5.11 Å². The predicted molar refractivity (Wildman–Crippen MR) is 55.9 cm³/mol. The van der Waals surface area contributed by atoms with Gasteiger partial charge in [-0.25, -0.2) is 8.42 Å². The Kier molecular flexibility index (Phi) is 4.18. The Morgan fingerprint density at radius 3 is 2.71 bits per heavy atom. The van der Waals surface area contributed by atoms with Gasteiger partial charge in [-0.1, -0.05) is 0 Å². The number of aliphatic hydroxyl groups excluding tert-OH is 1. The van der Waals surface area contributed by atoms with Gasteiger partial charge in [0.2, 0.25) is 10.0 Å². The second kappa shape index (κ2) is 4.79. The first kappa shape index (κ1) is 12.2. The molecule has 2 atom stereocenters. The fourth-order valence-electron chi connectivity index (χ4n) is 1.66. The Morgan fingerprint density at radius 2 is 2.14 bits per heavy atom. The van der Waals surface area contributed by atoms with Crippen molar-refractivity contribution in [3.05, 3.63) is 0 Å². The summed E-state index contributed by atoms with van der Waals surface area (Å²) in [6, 6.07) is -0.0217. The molecule has 14 heavy (non-hydrogen) atoms. The Bertz CT molecular complexity index is 280. The van der Waals surface area contributed by atoms with Gasteiger partial charge in [-0.15, -0.1) is 11.6 Å². The fourth-order valence-corrected chi connectivity index (χ4v) is 3.73. The lowest BCUT2D eigenvalue weighted by Crippen LogP contribution is -2.48. The van der Waals surface area contributed by atoms with Crippen molar-refractivity contribution in [2.75, 3.05) is 18.2 Å². The van der Waals surface area contributed by atoms with E-state index in [4.69, 9.17) is 11.6 Å². The van der Waals surface area contributed by atoms with E-state index in [0.717, 1.165) is 0 Å². The third kappa shape index (κ3) is 2.82. The summed E-state index contributed by atoms with van der Waals surface area (Å²) < 4.78 is 24.7. The zero-order valence-electron chi connectivity index (χ0n) is 8.19. The third-order valence-electron chi connectivity index (χ3n) is 2.49. The molecule has 1 fully saturated rings. The van der Waals surface area contributed by atoms with Gasteiger partial charge in [0.25, 0.3) is 0 Å². The molecule has 6 heteroatoms. The highest BCUT2D eigenvalue weighted by molar-refractivity contribution is 7.89. The van der Waals surface area contributed by atoms with E-state index in [1.807, 2.05) is 6.92 Å². The monoisotopic (exact) mass is 241 g/mol. The van der Waals surface area contributed by atoms with Gasteiger partial charge in [0.05, 0.1) is 11.9 Å². The number of sulfonamides is 1. The Hall–Kier alpha value is 0.160. The topological polar surface area (TPSA) is 57.6 Å². The van der Waals surface area contributed by atoms with Crippen LogP contribution < -0.4 is 0 Å². The normalized spacial score (nSPS) is 30.5. The molecule has 0 aromatic heterocycles. The van der Waals surface area contributed by atoms with Crippen LogP contribution in [0.4, 0.5) is 0 Å². The van der Waals surface area contributed by atoms with Crippen LogP contribution >= 0.6 is 11.6 Å². The lowest BCUT2D eigenvalue weighted by atomic mass is 10.0. The Morgan fingerprint density at radius 1 is 1.50 bits per heavy atom. The van der Waals surface area contributed by atoms with E-state index in [9.17, 15) is 13.5 Å². The van der Waals surface area contributed by atoms with Gasteiger partial charge in [0, 0.05) is 18.5 Å². The summed E-state index contributed by atoms with van der Waals surface area (Å²) in [4.78, 5) is 0. The van der Waals surface area contributed by atoms with Crippen molar-refractivity contribution in [2.24, 2.45) is 0 Å². The number of piperidine rings is 1. The first-order valence-corrected chi connectivity index (χ1v) is 6.85. The molecule has 1 N–H and O–H groups in total. The van der Waals surface area contributed by atoms with Crippen LogP contribution in [-0.2, 0) is 10.0 Å². The lowest BCUT2D eigenvalue weighted by Gasteiger charge is -2.34. The molecule has 0 aromatic rings. The molecule has 0 aromatic carbocycles. The SMILES string of the molecule is CC1CCC(O)CN1S(=O)(=O)CCCl. The Balaban J connectivity index is 2.74. The molecular formula is C8H16ClNO3S. The minimum Gasteiger partial charge on any atom is -0.392 e. The molecule has 0 saturated carbocycles. The van der Waals surface area contributed by atoms with Crippen LogP contribution in [0.15, 0.2) is 0 Å². The zero-order chi connectivity index (χ0) is 10.8. The first-order chi connectivity index (χ1) is 6.47. The number of β-amino-alcohol motifs (C(OH)–C–C–N with tert-alkyl or cyclic N) is 1. The lowest BCUT2D eigenvalue weighted by molar-refractivity contribution is 0.0856. The summed E-state index contributed by atoms with van der Waals surface area (Å²) in [5, 5.41) is 9.39. The molecule has 2 unspecified atom stereocenters. The van der Waals surface area contributed by atoms with Crippen LogP contribution in [0.3, 0.4) is 0 Å². The number of alkyl halides is 1. The fraction of sp³-hybridized carbons (Fsp3) is 1.00. The average molecular weight is 242 g/mol. The molecule has 84 valence electrons. The number of hydrogen-bond acceptors (Lipinski definition) is 3. The van der Waals surface area contributed by atoms with Crippen molar-refractivity contribution in [1.82, 2.24) is 4.31 Å². The largest absolute Gasteiger partial charge is 0.392 e. The Labute approximate surface area is 89.9 Å². The van der Waals surface area contributed by atoms with E-state index in [1.54, 1.807) is 0 Å². The summed E-state index contributed by atoms with van der Waals surface area (Å²) in [6.07, 6.45) is 0.854. The molecule has 1 aliphatic heterocycles. The van der Waals surface area contributed by atoms with E-state index in [-0.39, 0.29) is 24.2 Å². The van der Waals surface area contributed by atoms with Crippen LogP contribution in [0.5, 0.6) is 0 Å². The molecule has 1 aliphatic rings. The van der Waals surface area contributed by atoms with Gasteiger partial charge in [-0.2, -0.15) is 4.31 Å². The quantitative estimate of drug-likeness (QED) is 0.728. The molecule has 1 saturated heterocycles. The second-order valence-corrected chi connectivity index (χ2v) is 6.07. The molecule has 0 bridgehead atoms. The summed E-state index contributed by atoms with van der Waals surface area (Å²) in [5.41, 5.74) is 0. The van der Waals surface area contributed by atoms with Crippen LogP contribution in [0.2, 0.25) is 0 Å². The minimum atomic E-state index is -3.27. The summed E-state index contributed by atoms with van der Waals surface area (Å²) >= 11 is 5.42. The standard InChI is InChI=1S/C8H16ClNO3S/c1-7-2-3-8(11)6-10(7)14(12,13)5-4-9/h7-8,11H,2-6H2,1H3. The van der Waals surface area contributed by atoms with E-state index in [1.165, 1.54) is 4.31 Å². The smallest absolute Gasteiger partial charge is 0.215 e. The molecule has 4 nitrogen and oxygen atoms in total. The van der Waals surface area contributed by atoms with E-state index >= 15 is 0 Å². The molecule has 0 radical (unpaired) electrons. The summed E-state index contributed by atoms with van der Waals surface area (Å²) in [7, 11) is -3.27. The maximum atomic E-state index is 11.7. The zero-order valence-corrected chi connectivity index (χ0v) is 9.76. The third-order valence-corrected chi connectivity index (χ3v) is 4.85. The van der Waals surface area contributed by atoms with Gasteiger partial charge in [0.15, 0.2) is 0 Å². The summed E-state index contributed by atoms with van der Waals surface area (Å²) in [6.45, 7) is 2.07. The van der Waals surface area contributed by atoms with Crippen molar-refractivity contribution in [3.8, 4) is 0 Å². The van der Waals surface area contributed by atoms with Crippen molar-refractivity contribution in [2.45, 2.75) is 31.9 Å². The van der Waals surface area contributed by atoms with Gasteiger partial charge >= 0.3 is 0 Å². The first-order valence-electron chi connectivity index (χ1n) is 4.71. The van der Waals surface area contributed by atoms with Crippen LogP contribution in [0, 0.1) is 0 Å². The van der Waals surface area contributed by atoms with Crippen LogP contribution in [0.25, 0.3) is 0 Å². The van der Waals surface area contributed by atoms with Crippen LogP contribution in [-0.4, -0.2) is 48.2 Å². The van der Waals surface area contributed by atoms with E-state index < -0.39 is 16.1 Å². The van der Waals surface area contributed by atoms with Crippen LogP contribution in [0.1, 0.15) is 19.8 Å². The number of aliphatic hydroxyl groups is 1. The molecule has 0 spiro atoms. The highest BCUT2D eigenvalue weighted by Gasteiger charge is 2.32. The average Bonchev–Trinajstić information content (AvgIpc) is 2.09. The second-order valence-electron chi connectivity index (χ2n) is 3.65. The molecule has 1 rings (SSSR count). The number of rotatable bonds is 3. The maximum Gasteiger partial charge on any atom is 0.215 e. The highest BCUT2D eigenvalue weighted by Crippen LogP contribution is 2.20. The predicted octanol–water partition coefficient (Wildman–Crippen LogP) is 0.400. The number of hydrogen-bond donors (Lipinski definition) is 1. The van der Waals surface area contributed by atoms with E-state index in [0.29, 0.717) is 12.8 Å². The maximum absolute atomic E-state index is 11.7. The molecule has 0 aliphatic carbocycles. The molecule has 0 amide bonds.